The van der Waals surface area contributed by atoms with Gasteiger partial charge in [0.25, 0.3) is 0 Å². The largest absolute Gasteiger partial charge is 0.450 e. The smallest absolute Gasteiger partial charge is 0.407 e. The number of Topliss-reactive ketones (excluding diaryl/α,β-unsaturated/α-hetero) is 1. The van der Waals surface area contributed by atoms with E-state index in [1.165, 1.54) is 0 Å². The molecule has 0 aliphatic rings. The van der Waals surface area contributed by atoms with Gasteiger partial charge in [0.1, 0.15) is 5.82 Å². The molecule has 1 N–H and O–H groups in total. The van der Waals surface area contributed by atoms with Crippen LogP contribution in [0.2, 0.25) is 0 Å². The molecule has 174 valence electrons. The summed E-state index contributed by atoms with van der Waals surface area (Å²) in [5, 5.41) is 2.93. The number of alkyl halides is 1. The van der Waals surface area contributed by atoms with Gasteiger partial charge in [-0.15, -0.1) is 0 Å². The fourth-order valence-corrected chi connectivity index (χ4v) is 4.34. The molecule has 1 atom stereocenters. The summed E-state index contributed by atoms with van der Waals surface area (Å²) in [4.78, 5) is 24.4. The quantitative estimate of drug-likeness (QED) is 0.218. The predicted octanol–water partition coefficient (Wildman–Crippen LogP) is 7.15. The third-order valence-corrected chi connectivity index (χ3v) is 6.66. The number of ketones is 1. The van der Waals surface area contributed by atoms with Crippen LogP contribution in [0.1, 0.15) is 56.6 Å². The number of benzene rings is 2. The maximum atomic E-state index is 14.6. The van der Waals surface area contributed by atoms with Gasteiger partial charge in [0.05, 0.1) is 16.4 Å². The topological polar surface area (TPSA) is 55.4 Å². The second-order valence-corrected chi connectivity index (χ2v) is 9.99. The molecule has 0 aromatic heterocycles. The van der Waals surface area contributed by atoms with Crippen molar-refractivity contribution in [2.45, 2.75) is 52.0 Å². The van der Waals surface area contributed by atoms with Gasteiger partial charge in [-0.3, -0.25) is 4.79 Å². The van der Waals surface area contributed by atoms with Gasteiger partial charge in [-0.25, -0.2) is 9.18 Å². The van der Waals surface area contributed by atoms with Crippen molar-refractivity contribution in [1.29, 1.82) is 0 Å². The van der Waals surface area contributed by atoms with E-state index < -0.39 is 12.0 Å². The second kappa shape index (κ2) is 13.1. The summed E-state index contributed by atoms with van der Waals surface area (Å²) < 4.78 is 20.2. The highest BCUT2D eigenvalue weighted by Gasteiger charge is 2.27. The van der Waals surface area contributed by atoms with Crippen molar-refractivity contribution in [2.24, 2.45) is 5.41 Å². The molecule has 0 fully saturated rings. The van der Waals surface area contributed by atoms with Crippen LogP contribution in [0.4, 0.5) is 9.18 Å². The number of nitrogens with one attached hydrogen (secondary N) is 1. The summed E-state index contributed by atoms with van der Waals surface area (Å²) in [6.45, 7) is 5.00. The Morgan fingerprint density at radius 3 is 2.50 bits per heavy atom. The highest BCUT2D eigenvalue weighted by Crippen LogP contribution is 2.35. The van der Waals surface area contributed by atoms with E-state index in [0.29, 0.717) is 36.0 Å². The average molecular weight is 571 g/mol. The molecule has 2 aromatic rings. The van der Waals surface area contributed by atoms with Gasteiger partial charge in [0.2, 0.25) is 0 Å². The Balaban J connectivity index is 1.79. The molecular formula is C25H30Br2FNO3. The third-order valence-electron chi connectivity index (χ3n) is 5.50. The lowest BCUT2D eigenvalue weighted by atomic mass is 9.79. The average Bonchev–Trinajstić information content (AvgIpc) is 2.78. The molecule has 0 saturated carbocycles. The molecule has 0 saturated heterocycles. The molecule has 0 bridgehead atoms. The van der Waals surface area contributed by atoms with E-state index in [1.54, 1.807) is 18.2 Å². The highest BCUT2D eigenvalue weighted by atomic mass is 79.9. The lowest BCUT2D eigenvalue weighted by Crippen LogP contribution is -2.24. The Labute approximate surface area is 206 Å². The van der Waals surface area contributed by atoms with Crippen molar-refractivity contribution in [3.05, 3.63) is 69.9 Å². The molecule has 1 amide bonds. The zero-order chi connectivity index (χ0) is 23.6. The Morgan fingerprint density at radius 2 is 1.81 bits per heavy atom. The van der Waals surface area contributed by atoms with Gasteiger partial charge in [0.15, 0.2) is 5.78 Å². The number of hydrogen-bond acceptors (Lipinski definition) is 3. The summed E-state index contributed by atoms with van der Waals surface area (Å²) in [5.74, 6) is -0.901. The van der Waals surface area contributed by atoms with Crippen LogP contribution >= 0.6 is 31.9 Å². The van der Waals surface area contributed by atoms with Gasteiger partial charge in [0, 0.05) is 12.5 Å². The standard InChI is InChI=1S/C25H30Br2FNO3/c1-25(2,13-7-15-32-24(31)29-17-18-8-4-3-5-9-18)14-12-19(22(30)16-26)20-10-6-11-21(27)23(20)28/h3-6,8-11,19H,7,12-17H2,1-2H3,(H,29,31). The lowest BCUT2D eigenvalue weighted by Gasteiger charge is -2.27. The number of halogens is 3. The Hall–Kier alpha value is -1.73. The molecule has 0 heterocycles. The van der Waals surface area contributed by atoms with Crippen molar-refractivity contribution in [3.63, 3.8) is 0 Å². The molecule has 2 rings (SSSR count). The van der Waals surface area contributed by atoms with Gasteiger partial charge in [-0.1, -0.05) is 72.2 Å². The SMILES string of the molecule is CC(C)(CCCOC(=O)NCc1ccccc1)CCC(C(=O)CBr)c1cccc(Br)c1F. The first kappa shape index (κ1) is 26.5. The molecule has 0 radical (unpaired) electrons. The minimum absolute atomic E-state index is 0.0313. The number of carbonyl (C=O) groups is 2. The molecule has 0 spiro atoms. The third kappa shape index (κ3) is 8.66. The first-order valence-electron chi connectivity index (χ1n) is 10.7. The molecule has 1 unspecified atom stereocenters. The Bertz CT molecular complexity index is 890. The highest BCUT2D eigenvalue weighted by molar-refractivity contribution is 9.10. The van der Waals surface area contributed by atoms with Crippen LogP contribution in [0, 0.1) is 11.2 Å². The second-order valence-electron chi connectivity index (χ2n) is 8.58. The van der Waals surface area contributed by atoms with Crippen molar-refractivity contribution >= 4 is 43.7 Å². The minimum atomic E-state index is -0.494. The van der Waals surface area contributed by atoms with E-state index in [0.717, 1.165) is 18.4 Å². The van der Waals surface area contributed by atoms with E-state index in [1.807, 2.05) is 30.3 Å². The van der Waals surface area contributed by atoms with E-state index in [9.17, 15) is 14.0 Å². The normalized spacial score (nSPS) is 12.3. The lowest BCUT2D eigenvalue weighted by molar-refractivity contribution is -0.118. The summed E-state index contributed by atoms with van der Waals surface area (Å²) in [6, 6.07) is 14.7. The summed E-state index contributed by atoms with van der Waals surface area (Å²) in [5.41, 5.74) is 1.37. The fourth-order valence-electron chi connectivity index (χ4n) is 3.57. The van der Waals surface area contributed by atoms with Gasteiger partial charge >= 0.3 is 6.09 Å². The molecule has 32 heavy (non-hydrogen) atoms. The number of amides is 1. The molecule has 7 heteroatoms. The first-order valence-corrected chi connectivity index (χ1v) is 12.6. The van der Waals surface area contributed by atoms with Crippen molar-refractivity contribution < 1.29 is 18.7 Å². The van der Waals surface area contributed by atoms with Gasteiger partial charge < -0.3 is 10.1 Å². The van der Waals surface area contributed by atoms with Gasteiger partial charge in [-0.05, 0) is 64.2 Å². The van der Waals surface area contributed by atoms with E-state index in [-0.39, 0.29) is 22.3 Å². The zero-order valence-electron chi connectivity index (χ0n) is 18.5. The molecule has 0 aliphatic heterocycles. The molecule has 2 aromatic carbocycles. The predicted molar refractivity (Wildman–Crippen MR) is 133 cm³/mol. The minimum Gasteiger partial charge on any atom is -0.450 e. The van der Waals surface area contributed by atoms with Crippen LogP contribution in [-0.2, 0) is 16.1 Å². The van der Waals surface area contributed by atoms with E-state index in [4.69, 9.17) is 4.74 Å². The van der Waals surface area contributed by atoms with Crippen molar-refractivity contribution in [2.75, 3.05) is 11.9 Å². The summed E-state index contributed by atoms with van der Waals surface area (Å²) >= 11 is 6.44. The molecule has 4 nitrogen and oxygen atoms in total. The monoisotopic (exact) mass is 569 g/mol. The van der Waals surface area contributed by atoms with Crippen molar-refractivity contribution in [3.8, 4) is 0 Å². The van der Waals surface area contributed by atoms with Crippen LogP contribution in [0.15, 0.2) is 53.0 Å². The summed E-state index contributed by atoms with van der Waals surface area (Å²) in [7, 11) is 0. The van der Waals surface area contributed by atoms with Crippen LogP contribution in [-0.4, -0.2) is 23.8 Å². The first-order chi connectivity index (χ1) is 15.2. The Kier molecular flexibility index (Phi) is 10.9. The fraction of sp³-hybridized carbons (Fsp3) is 0.440. The number of ether oxygens (including phenoxy) is 1. The molecule has 0 aliphatic carbocycles. The van der Waals surface area contributed by atoms with Gasteiger partial charge in [-0.2, -0.15) is 0 Å². The van der Waals surface area contributed by atoms with Crippen LogP contribution in [0.3, 0.4) is 0 Å². The zero-order valence-corrected chi connectivity index (χ0v) is 21.7. The maximum absolute atomic E-state index is 14.6. The Morgan fingerprint density at radius 1 is 1.09 bits per heavy atom. The molecular weight excluding hydrogens is 541 g/mol. The van der Waals surface area contributed by atoms with Crippen LogP contribution in [0.25, 0.3) is 0 Å². The van der Waals surface area contributed by atoms with Crippen LogP contribution in [0.5, 0.6) is 0 Å². The van der Waals surface area contributed by atoms with E-state index >= 15 is 0 Å². The maximum Gasteiger partial charge on any atom is 0.407 e. The number of alkyl carbamates (subject to hydrolysis) is 1. The number of carbonyl (C=O) groups excluding carboxylic acids is 2. The summed E-state index contributed by atoms with van der Waals surface area (Å²) in [6.07, 6.45) is 2.43. The van der Waals surface area contributed by atoms with Crippen LogP contribution < -0.4 is 5.32 Å². The number of rotatable bonds is 12. The van der Waals surface area contributed by atoms with E-state index in [2.05, 4.69) is 51.0 Å². The number of hydrogen-bond donors (Lipinski definition) is 1. The van der Waals surface area contributed by atoms with Crippen molar-refractivity contribution in [1.82, 2.24) is 5.32 Å².